The summed E-state index contributed by atoms with van der Waals surface area (Å²) in [5, 5.41) is 27.0. The van der Waals surface area contributed by atoms with Crippen LogP contribution in [0.15, 0.2) is 12.5 Å². The minimum atomic E-state index is -1.10. The van der Waals surface area contributed by atoms with E-state index in [-0.39, 0.29) is 12.6 Å². The van der Waals surface area contributed by atoms with Gasteiger partial charge in [0.15, 0.2) is 5.82 Å². The third-order valence-corrected chi connectivity index (χ3v) is 5.10. The first-order valence-electron chi connectivity index (χ1n) is 9.37. The highest BCUT2D eigenvalue weighted by Gasteiger charge is 2.43. The van der Waals surface area contributed by atoms with E-state index >= 15 is 0 Å². The Hall–Kier alpha value is -2.27. The number of aromatic nitrogens is 3. The Balaban J connectivity index is 1.68. The van der Waals surface area contributed by atoms with E-state index in [0.717, 1.165) is 0 Å². The summed E-state index contributed by atoms with van der Waals surface area (Å²) in [6.07, 6.45) is 1.49. The Morgan fingerprint density at radius 3 is 2.79 bits per heavy atom. The second kappa shape index (κ2) is 8.39. The second-order valence-corrected chi connectivity index (χ2v) is 7.56. The molecule has 0 aliphatic carbocycles. The number of aliphatic hydroxyl groups excluding tert-OH is 2. The van der Waals surface area contributed by atoms with Crippen LogP contribution < -0.4 is 16.4 Å². The van der Waals surface area contributed by atoms with Gasteiger partial charge in [-0.15, -0.1) is 0 Å². The predicted molar refractivity (Wildman–Crippen MR) is 103 cm³/mol. The molecular weight excluding hydrogens is 364 g/mol. The van der Waals surface area contributed by atoms with Gasteiger partial charge >= 0.3 is 5.97 Å². The number of aromatic amines is 1. The molecule has 2 aromatic rings. The summed E-state index contributed by atoms with van der Waals surface area (Å²) in [7, 11) is 1.71. The van der Waals surface area contributed by atoms with Crippen molar-refractivity contribution in [3.63, 3.8) is 0 Å². The lowest BCUT2D eigenvalue weighted by Gasteiger charge is -2.20. The molecule has 0 aromatic carbocycles. The molecule has 0 radical (unpaired) electrons. The normalized spacial score (nSPS) is 26.1. The van der Waals surface area contributed by atoms with Crippen LogP contribution in [0.3, 0.4) is 0 Å². The molecule has 7 N–H and O–H groups in total. The van der Waals surface area contributed by atoms with Crippen molar-refractivity contribution in [2.75, 3.05) is 19.4 Å². The molecular formula is C18H28N6O4. The van der Waals surface area contributed by atoms with E-state index in [4.69, 9.17) is 10.5 Å². The number of hydrogen-bond donors (Lipinski definition) is 6. The number of esters is 1. The lowest BCUT2D eigenvalue weighted by Crippen LogP contribution is -2.42. The van der Waals surface area contributed by atoms with Crippen molar-refractivity contribution in [2.45, 2.75) is 50.6 Å². The third-order valence-electron chi connectivity index (χ3n) is 5.10. The van der Waals surface area contributed by atoms with E-state index in [0.29, 0.717) is 34.8 Å². The number of nitrogen functional groups attached to an aromatic ring is 1. The Labute approximate surface area is 162 Å². The van der Waals surface area contributed by atoms with E-state index in [2.05, 4.69) is 25.6 Å². The molecule has 1 aliphatic rings. The van der Waals surface area contributed by atoms with Crippen LogP contribution in [0.2, 0.25) is 0 Å². The van der Waals surface area contributed by atoms with E-state index in [1.54, 1.807) is 13.2 Å². The van der Waals surface area contributed by atoms with Gasteiger partial charge in [-0.3, -0.25) is 10.1 Å². The lowest BCUT2D eigenvalue weighted by molar-refractivity contribution is -0.148. The van der Waals surface area contributed by atoms with Crippen molar-refractivity contribution in [3.8, 4) is 0 Å². The highest BCUT2D eigenvalue weighted by Crippen LogP contribution is 2.32. The number of fused-ring (bicyclic) bond motifs is 1. The zero-order valence-corrected chi connectivity index (χ0v) is 16.2. The van der Waals surface area contributed by atoms with Crippen LogP contribution >= 0.6 is 0 Å². The smallest absolute Gasteiger partial charge is 0.323 e. The summed E-state index contributed by atoms with van der Waals surface area (Å²) in [6, 6.07) is -1.60. The number of ether oxygens (including phenoxy) is 1. The fourth-order valence-corrected chi connectivity index (χ4v) is 3.58. The van der Waals surface area contributed by atoms with Gasteiger partial charge in [0.25, 0.3) is 0 Å². The topological polar surface area (TPSA) is 158 Å². The SMILES string of the molecule is CNC(CC(C)C)C(=O)OCC1NC(c2c[nH]c3c(N)ncnc23)C(O)C1O. The van der Waals surface area contributed by atoms with Gasteiger partial charge in [-0.1, -0.05) is 13.8 Å². The standard InChI is InChI=1S/C18H28N6O4/c1-8(2)4-10(20-3)18(27)28-6-11-15(25)16(26)13(24-11)9-5-21-14-12(9)22-7-23-17(14)19/h5,7-8,10-11,13,15-16,20-21,24-26H,4,6H2,1-3H3,(H2,19,22,23). The fraction of sp³-hybridized carbons (Fsp3) is 0.611. The molecule has 10 heteroatoms. The van der Waals surface area contributed by atoms with Gasteiger partial charge in [0.2, 0.25) is 0 Å². The first-order valence-corrected chi connectivity index (χ1v) is 9.37. The number of likely N-dealkylation sites (N-methyl/N-ethyl adjacent to an activating group) is 1. The Morgan fingerprint density at radius 2 is 2.11 bits per heavy atom. The van der Waals surface area contributed by atoms with Crippen LogP contribution in [-0.4, -0.2) is 69.1 Å². The summed E-state index contributed by atoms with van der Waals surface area (Å²) in [5.74, 6) is 0.261. The first-order chi connectivity index (χ1) is 13.3. The molecule has 2 aromatic heterocycles. The summed E-state index contributed by atoms with van der Waals surface area (Å²) < 4.78 is 5.38. The van der Waals surface area contributed by atoms with E-state index in [9.17, 15) is 15.0 Å². The zero-order chi connectivity index (χ0) is 20.4. The molecule has 3 heterocycles. The molecule has 0 amide bonds. The van der Waals surface area contributed by atoms with Gasteiger partial charge in [0.1, 0.15) is 36.7 Å². The molecule has 3 rings (SSSR count). The number of hydrogen-bond acceptors (Lipinski definition) is 9. The molecule has 1 fully saturated rings. The number of nitrogens with one attached hydrogen (secondary N) is 3. The van der Waals surface area contributed by atoms with Gasteiger partial charge < -0.3 is 31.0 Å². The molecule has 0 bridgehead atoms. The number of nitrogens with zero attached hydrogens (tertiary/aromatic N) is 2. The van der Waals surface area contributed by atoms with Gasteiger partial charge in [-0.05, 0) is 19.4 Å². The fourth-order valence-electron chi connectivity index (χ4n) is 3.58. The molecule has 28 heavy (non-hydrogen) atoms. The molecule has 10 nitrogen and oxygen atoms in total. The van der Waals surface area contributed by atoms with Crippen LogP contribution in [0.5, 0.6) is 0 Å². The van der Waals surface area contributed by atoms with Crippen LogP contribution in [0, 0.1) is 5.92 Å². The number of H-pyrrole nitrogens is 1. The maximum absolute atomic E-state index is 12.3. The van der Waals surface area contributed by atoms with Crippen molar-refractivity contribution in [3.05, 3.63) is 18.1 Å². The van der Waals surface area contributed by atoms with Crippen molar-refractivity contribution in [1.82, 2.24) is 25.6 Å². The molecule has 1 aliphatic heterocycles. The Kier molecular flexibility index (Phi) is 6.14. The average Bonchev–Trinajstić information content (AvgIpc) is 3.21. The Morgan fingerprint density at radius 1 is 1.36 bits per heavy atom. The van der Waals surface area contributed by atoms with Crippen LogP contribution in [0.4, 0.5) is 5.82 Å². The van der Waals surface area contributed by atoms with Crippen molar-refractivity contribution < 1.29 is 19.7 Å². The monoisotopic (exact) mass is 392 g/mol. The number of carbonyl (C=O) groups excluding carboxylic acids is 1. The maximum Gasteiger partial charge on any atom is 0.323 e. The number of carbonyl (C=O) groups is 1. The minimum Gasteiger partial charge on any atom is -0.463 e. The van der Waals surface area contributed by atoms with Crippen molar-refractivity contribution in [1.29, 1.82) is 0 Å². The van der Waals surface area contributed by atoms with Crippen LogP contribution in [0.25, 0.3) is 11.0 Å². The highest BCUT2D eigenvalue weighted by molar-refractivity contribution is 5.87. The molecule has 5 atom stereocenters. The van der Waals surface area contributed by atoms with Gasteiger partial charge in [0.05, 0.1) is 17.6 Å². The molecule has 5 unspecified atom stereocenters. The maximum atomic E-state index is 12.3. The molecule has 1 saturated heterocycles. The largest absolute Gasteiger partial charge is 0.463 e. The van der Waals surface area contributed by atoms with E-state index in [1.807, 2.05) is 13.8 Å². The van der Waals surface area contributed by atoms with Gasteiger partial charge in [0, 0.05) is 11.8 Å². The third kappa shape index (κ3) is 3.95. The van der Waals surface area contributed by atoms with E-state index in [1.165, 1.54) is 6.33 Å². The lowest BCUT2D eigenvalue weighted by atomic mass is 10.0. The van der Waals surface area contributed by atoms with Crippen molar-refractivity contribution >= 4 is 22.8 Å². The summed E-state index contributed by atoms with van der Waals surface area (Å²) in [6.45, 7) is 4.00. The highest BCUT2D eigenvalue weighted by atomic mass is 16.5. The van der Waals surface area contributed by atoms with Crippen LogP contribution in [0.1, 0.15) is 31.9 Å². The molecule has 154 valence electrons. The Bertz CT molecular complexity index is 826. The molecule has 0 saturated carbocycles. The van der Waals surface area contributed by atoms with Gasteiger partial charge in [-0.2, -0.15) is 0 Å². The van der Waals surface area contributed by atoms with Crippen LogP contribution in [-0.2, 0) is 9.53 Å². The first kappa shape index (κ1) is 20.5. The number of rotatable bonds is 7. The second-order valence-electron chi connectivity index (χ2n) is 7.56. The predicted octanol–water partition coefficient (Wildman–Crippen LogP) is -0.548. The average molecular weight is 392 g/mol. The van der Waals surface area contributed by atoms with Crippen molar-refractivity contribution in [2.24, 2.45) is 5.92 Å². The number of aliphatic hydroxyl groups is 2. The molecule has 0 spiro atoms. The zero-order valence-electron chi connectivity index (χ0n) is 16.2. The summed E-state index contributed by atoms with van der Waals surface area (Å²) >= 11 is 0. The summed E-state index contributed by atoms with van der Waals surface area (Å²) in [5.41, 5.74) is 7.64. The number of anilines is 1. The number of nitrogens with two attached hydrogens (primary N) is 1. The van der Waals surface area contributed by atoms with E-state index < -0.39 is 30.3 Å². The quantitative estimate of drug-likeness (QED) is 0.340. The minimum absolute atomic E-state index is 0.0523. The van der Waals surface area contributed by atoms with Gasteiger partial charge in [-0.25, -0.2) is 9.97 Å². The summed E-state index contributed by atoms with van der Waals surface area (Å²) in [4.78, 5) is 23.4.